The van der Waals surface area contributed by atoms with Crippen molar-refractivity contribution in [1.29, 1.82) is 0 Å². The van der Waals surface area contributed by atoms with Gasteiger partial charge in [0.05, 0.1) is 5.56 Å². The molecule has 21 heavy (non-hydrogen) atoms. The van der Waals surface area contributed by atoms with E-state index in [1.54, 1.807) is 19.9 Å². The van der Waals surface area contributed by atoms with Crippen molar-refractivity contribution in [3.63, 3.8) is 0 Å². The van der Waals surface area contributed by atoms with E-state index in [-0.39, 0.29) is 5.92 Å². The number of nitrogens with zero attached hydrogens (tertiary/aromatic N) is 1. The minimum absolute atomic E-state index is 0.126. The molecule has 1 nitrogen and oxygen atoms in total. The standard InChI is InChI=1S/C17H24F3N/c1-4-13-7-5-6-10-21(13)14-8-9-15(12(2)3)16(11-14)17(18,19)20/h8-9,11-13H,4-7,10H2,1-3H3. The Labute approximate surface area is 125 Å². The molecule has 1 unspecified atom stereocenters. The predicted molar refractivity (Wildman–Crippen MR) is 80.8 cm³/mol. The van der Waals surface area contributed by atoms with E-state index in [0.717, 1.165) is 31.5 Å². The monoisotopic (exact) mass is 299 g/mol. The van der Waals surface area contributed by atoms with E-state index >= 15 is 0 Å². The van der Waals surface area contributed by atoms with Crippen LogP contribution in [0.3, 0.4) is 0 Å². The second-order valence-corrected chi connectivity index (χ2v) is 6.18. The van der Waals surface area contributed by atoms with Crippen molar-refractivity contribution in [2.45, 2.75) is 64.6 Å². The first kappa shape index (κ1) is 16.2. The number of alkyl halides is 3. The van der Waals surface area contributed by atoms with Crippen molar-refractivity contribution in [2.75, 3.05) is 11.4 Å². The normalized spacial score (nSPS) is 20.1. The molecule has 1 aliphatic rings. The van der Waals surface area contributed by atoms with Gasteiger partial charge in [0.15, 0.2) is 0 Å². The van der Waals surface area contributed by atoms with Crippen LogP contribution in [0.15, 0.2) is 18.2 Å². The van der Waals surface area contributed by atoms with Gasteiger partial charge in [0, 0.05) is 18.3 Å². The summed E-state index contributed by atoms with van der Waals surface area (Å²) in [6.45, 7) is 6.58. The molecule has 0 saturated carbocycles. The van der Waals surface area contributed by atoms with Crippen molar-refractivity contribution in [1.82, 2.24) is 0 Å². The number of rotatable bonds is 3. The highest BCUT2D eigenvalue weighted by atomic mass is 19.4. The Kier molecular flexibility index (Phi) is 4.84. The average Bonchev–Trinajstić information content (AvgIpc) is 2.45. The molecule has 1 aromatic rings. The third-order valence-corrected chi connectivity index (χ3v) is 4.39. The summed E-state index contributed by atoms with van der Waals surface area (Å²) in [4.78, 5) is 2.16. The largest absolute Gasteiger partial charge is 0.416 e. The zero-order valence-electron chi connectivity index (χ0n) is 13.0. The van der Waals surface area contributed by atoms with Gasteiger partial charge < -0.3 is 4.90 Å². The molecule has 0 amide bonds. The van der Waals surface area contributed by atoms with Crippen molar-refractivity contribution in [2.24, 2.45) is 0 Å². The SMILES string of the molecule is CCC1CCCCN1c1ccc(C(C)C)c(C(F)(F)F)c1. The zero-order chi connectivity index (χ0) is 15.6. The Morgan fingerprint density at radius 2 is 1.95 bits per heavy atom. The van der Waals surface area contributed by atoms with Crippen molar-refractivity contribution in [3.8, 4) is 0 Å². The van der Waals surface area contributed by atoms with Gasteiger partial charge in [0.2, 0.25) is 0 Å². The van der Waals surface area contributed by atoms with Gasteiger partial charge in [-0.15, -0.1) is 0 Å². The molecule has 0 N–H and O–H groups in total. The Bertz CT molecular complexity index is 479. The summed E-state index contributed by atoms with van der Waals surface area (Å²) in [6.07, 6.45) is -0.000820. The number of halogens is 3. The Morgan fingerprint density at radius 3 is 2.52 bits per heavy atom. The van der Waals surface area contributed by atoms with E-state index in [9.17, 15) is 13.2 Å². The van der Waals surface area contributed by atoms with Crippen LogP contribution in [0.5, 0.6) is 0 Å². The lowest BCUT2D eigenvalue weighted by atomic mass is 9.94. The number of benzene rings is 1. The van der Waals surface area contributed by atoms with Crippen LogP contribution in [0.25, 0.3) is 0 Å². The third-order valence-electron chi connectivity index (χ3n) is 4.39. The van der Waals surface area contributed by atoms with E-state index in [1.165, 1.54) is 12.5 Å². The predicted octanol–water partition coefficient (Wildman–Crippen LogP) is 5.60. The van der Waals surface area contributed by atoms with Gasteiger partial charge in [-0.1, -0.05) is 26.8 Å². The molecule has 1 saturated heterocycles. The molecule has 1 fully saturated rings. The molecule has 1 heterocycles. The number of hydrogen-bond acceptors (Lipinski definition) is 1. The van der Waals surface area contributed by atoms with Crippen LogP contribution in [-0.4, -0.2) is 12.6 Å². The fourth-order valence-corrected chi connectivity index (χ4v) is 3.24. The van der Waals surface area contributed by atoms with Gasteiger partial charge in [0.25, 0.3) is 0 Å². The second kappa shape index (κ2) is 6.29. The van der Waals surface area contributed by atoms with Crippen LogP contribution in [-0.2, 0) is 6.18 Å². The lowest BCUT2D eigenvalue weighted by Gasteiger charge is -2.37. The Morgan fingerprint density at radius 1 is 1.24 bits per heavy atom. The van der Waals surface area contributed by atoms with E-state index in [1.807, 2.05) is 6.07 Å². The average molecular weight is 299 g/mol. The van der Waals surface area contributed by atoms with Gasteiger partial charge in [-0.3, -0.25) is 0 Å². The number of anilines is 1. The summed E-state index contributed by atoms with van der Waals surface area (Å²) in [5.41, 5.74) is 0.630. The minimum atomic E-state index is -4.28. The molecule has 0 radical (unpaired) electrons. The fraction of sp³-hybridized carbons (Fsp3) is 0.647. The second-order valence-electron chi connectivity index (χ2n) is 6.18. The first-order chi connectivity index (χ1) is 9.84. The van der Waals surface area contributed by atoms with Crippen LogP contribution >= 0.6 is 0 Å². The molecular formula is C17H24F3N. The summed E-state index contributed by atoms with van der Waals surface area (Å²) < 4.78 is 39.9. The topological polar surface area (TPSA) is 3.24 Å². The molecule has 2 rings (SSSR count). The van der Waals surface area contributed by atoms with Crippen LogP contribution < -0.4 is 4.90 Å². The third kappa shape index (κ3) is 3.53. The molecule has 1 aliphatic heterocycles. The van der Waals surface area contributed by atoms with E-state index in [0.29, 0.717) is 11.6 Å². The van der Waals surface area contributed by atoms with Crippen LogP contribution in [0.2, 0.25) is 0 Å². The van der Waals surface area contributed by atoms with E-state index in [2.05, 4.69) is 11.8 Å². The van der Waals surface area contributed by atoms with Gasteiger partial charge in [-0.2, -0.15) is 13.2 Å². The van der Waals surface area contributed by atoms with Crippen LogP contribution in [0.4, 0.5) is 18.9 Å². The molecule has 1 atom stereocenters. The Balaban J connectivity index is 2.41. The van der Waals surface area contributed by atoms with Gasteiger partial charge in [-0.05, 0) is 49.3 Å². The maximum absolute atomic E-state index is 13.3. The lowest BCUT2D eigenvalue weighted by molar-refractivity contribution is -0.138. The highest BCUT2D eigenvalue weighted by Crippen LogP contribution is 2.38. The molecular weight excluding hydrogens is 275 g/mol. The summed E-state index contributed by atoms with van der Waals surface area (Å²) in [7, 11) is 0. The molecule has 0 aliphatic carbocycles. The molecule has 0 bridgehead atoms. The van der Waals surface area contributed by atoms with Crippen LogP contribution in [0, 0.1) is 0 Å². The van der Waals surface area contributed by atoms with E-state index < -0.39 is 11.7 Å². The maximum Gasteiger partial charge on any atom is 0.416 e. The van der Waals surface area contributed by atoms with Crippen molar-refractivity contribution < 1.29 is 13.2 Å². The summed E-state index contributed by atoms with van der Waals surface area (Å²) >= 11 is 0. The number of piperidine rings is 1. The number of hydrogen-bond donors (Lipinski definition) is 0. The highest BCUT2D eigenvalue weighted by Gasteiger charge is 2.35. The smallest absolute Gasteiger partial charge is 0.369 e. The minimum Gasteiger partial charge on any atom is -0.369 e. The Hall–Kier alpha value is -1.19. The summed E-state index contributed by atoms with van der Waals surface area (Å²) in [5, 5.41) is 0. The molecule has 0 aromatic heterocycles. The highest BCUT2D eigenvalue weighted by molar-refractivity contribution is 5.53. The maximum atomic E-state index is 13.3. The molecule has 0 spiro atoms. The van der Waals surface area contributed by atoms with Gasteiger partial charge in [-0.25, -0.2) is 0 Å². The van der Waals surface area contributed by atoms with Crippen molar-refractivity contribution >= 4 is 5.69 Å². The summed E-state index contributed by atoms with van der Waals surface area (Å²) in [6, 6.07) is 5.23. The molecule has 1 aromatic carbocycles. The molecule has 4 heteroatoms. The summed E-state index contributed by atoms with van der Waals surface area (Å²) in [5.74, 6) is -0.126. The van der Waals surface area contributed by atoms with Gasteiger partial charge >= 0.3 is 6.18 Å². The molecule has 118 valence electrons. The van der Waals surface area contributed by atoms with Crippen molar-refractivity contribution in [3.05, 3.63) is 29.3 Å². The first-order valence-electron chi connectivity index (χ1n) is 7.82. The first-order valence-corrected chi connectivity index (χ1v) is 7.82. The zero-order valence-corrected chi connectivity index (χ0v) is 13.0. The lowest BCUT2D eigenvalue weighted by Crippen LogP contribution is -2.39. The quantitative estimate of drug-likeness (QED) is 0.702. The van der Waals surface area contributed by atoms with Gasteiger partial charge in [0.1, 0.15) is 0 Å². The fourth-order valence-electron chi connectivity index (χ4n) is 3.24. The van der Waals surface area contributed by atoms with Crippen LogP contribution in [0.1, 0.15) is 63.5 Å². The van der Waals surface area contributed by atoms with E-state index in [4.69, 9.17) is 0 Å².